The molecule has 8 heavy (non-hydrogen) atoms. The summed E-state index contributed by atoms with van der Waals surface area (Å²) in [6.45, 7) is 7.89. The summed E-state index contributed by atoms with van der Waals surface area (Å²) in [6, 6.07) is 0. The van der Waals surface area contributed by atoms with Crippen molar-refractivity contribution in [1.82, 2.24) is 0 Å². The molecule has 1 unspecified atom stereocenters. The summed E-state index contributed by atoms with van der Waals surface area (Å²) < 4.78 is 4.97. The standard InChI is InChI=1S/C6H11ClO/c1-5(2)4-8-6(3)7/h6H,1,4H2,2-3H3. The van der Waals surface area contributed by atoms with Gasteiger partial charge in [0.25, 0.3) is 0 Å². The molecule has 0 aromatic heterocycles. The van der Waals surface area contributed by atoms with Crippen LogP contribution in [0, 0.1) is 0 Å². The van der Waals surface area contributed by atoms with E-state index in [1.807, 2.05) is 6.92 Å². The quantitative estimate of drug-likeness (QED) is 0.425. The molecule has 2 heteroatoms. The van der Waals surface area contributed by atoms with Gasteiger partial charge in [-0.05, 0) is 13.8 Å². The molecule has 0 N–H and O–H groups in total. The minimum Gasteiger partial charge on any atom is -0.358 e. The van der Waals surface area contributed by atoms with Gasteiger partial charge in [-0.3, -0.25) is 0 Å². The minimum absolute atomic E-state index is 0.202. The molecule has 0 heterocycles. The fourth-order valence-electron chi connectivity index (χ4n) is 0.257. The molecule has 0 radical (unpaired) electrons. The fourth-order valence-corrected chi connectivity index (χ4v) is 0.320. The van der Waals surface area contributed by atoms with Crippen LogP contribution in [0.15, 0.2) is 12.2 Å². The van der Waals surface area contributed by atoms with E-state index in [1.54, 1.807) is 6.92 Å². The second-order valence-electron chi connectivity index (χ2n) is 1.81. The third-order valence-electron chi connectivity index (χ3n) is 0.559. The summed E-state index contributed by atoms with van der Waals surface area (Å²) in [5.41, 5.74) is 0.796. The average molecular weight is 135 g/mol. The van der Waals surface area contributed by atoms with Crippen LogP contribution in [0.1, 0.15) is 13.8 Å². The van der Waals surface area contributed by atoms with Gasteiger partial charge < -0.3 is 4.74 Å². The number of rotatable bonds is 3. The first-order chi connectivity index (χ1) is 3.63. The third-order valence-corrected chi connectivity index (χ3v) is 0.685. The Bertz CT molecular complexity index is 78.6. The van der Waals surface area contributed by atoms with Crippen LogP contribution in [0.2, 0.25) is 0 Å². The van der Waals surface area contributed by atoms with Crippen molar-refractivity contribution in [2.45, 2.75) is 19.4 Å². The molecule has 0 spiro atoms. The largest absolute Gasteiger partial charge is 0.358 e. The molecule has 0 saturated carbocycles. The molecule has 48 valence electrons. The van der Waals surface area contributed by atoms with Gasteiger partial charge in [-0.25, -0.2) is 0 Å². The zero-order valence-electron chi connectivity index (χ0n) is 5.28. The van der Waals surface area contributed by atoms with Crippen LogP contribution in [-0.2, 0) is 4.74 Å². The van der Waals surface area contributed by atoms with Crippen LogP contribution in [0.5, 0.6) is 0 Å². The molecule has 0 aromatic carbocycles. The fraction of sp³-hybridized carbons (Fsp3) is 0.667. The zero-order valence-corrected chi connectivity index (χ0v) is 6.03. The van der Waals surface area contributed by atoms with Crippen LogP contribution in [0.4, 0.5) is 0 Å². The number of hydrogen-bond donors (Lipinski definition) is 0. The van der Waals surface area contributed by atoms with Crippen molar-refractivity contribution in [2.75, 3.05) is 6.61 Å². The normalized spacial score (nSPS) is 13.4. The van der Waals surface area contributed by atoms with E-state index >= 15 is 0 Å². The Labute approximate surface area is 55.3 Å². The lowest BCUT2D eigenvalue weighted by Crippen LogP contribution is -2.00. The molecule has 1 nitrogen and oxygen atoms in total. The first-order valence-electron chi connectivity index (χ1n) is 2.53. The molecule has 0 aliphatic carbocycles. The summed E-state index contributed by atoms with van der Waals surface area (Å²) in [4.78, 5) is 0. The number of hydrogen-bond acceptors (Lipinski definition) is 1. The molecule has 0 rings (SSSR count). The Kier molecular flexibility index (Phi) is 3.92. The van der Waals surface area contributed by atoms with E-state index in [0.29, 0.717) is 6.61 Å². The highest BCUT2D eigenvalue weighted by Crippen LogP contribution is 1.97. The Morgan fingerprint density at radius 1 is 1.88 bits per heavy atom. The van der Waals surface area contributed by atoms with E-state index < -0.39 is 0 Å². The van der Waals surface area contributed by atoms with E-state index in [4.69, 9.17) is 16.3 Å². The van der Waals surface area contributed by atoms with Crippen LogP contribution in [0.3, 0.4) is 0 Å². The smallest absolute Gasteiger partial charge is 0.128 e. The number of alkyl halides is 1. The molecule has 0 aliphatic rings. The molecular formula is C6H11ClO. The molecule has 0 saturated heterocycles. The van der Waals surface area contributed by atoms with Crippen molar-refractivity contribution in [3.8, 4) is 0 Å². The van der Waals surface area contributed by atoms with Gasteiger partial charge in [0.15, 0.2) is 0 Å². The topological polar surface area (TPSA) is 9.23 Å². The van der Waals surface area contributed by atoms with Gasteiger partial charge in [0.1, 0.15) is 5.56 Å². The predicted molar refractivity (Wildman–Crippen MR) is 36.1 cm³/mol. The number of ether oxygens (including phenoxy) is 1. The zero-order chi connectivity index (χ0) is 6.57. The molecule has 0 fully saturated rings. The van der Waals surface area contributed by atoms with Crippen LogP contribution < -0.4 is 0 Å². The lowest BCUT2D eigenvalue weighted by Gasteiger charge is -2.03. The highest BCUT2D eigenvalue weighted by Gasteiger charge is 1.92. The van der Waals surface area contributed by atoms with Gasteiger partial charge in [0.05, 0.1) is 6.61 Å². The first-order valence-corrected chi connectivity index (χ1v) is 2.96. The van der Waals surface area contributed by atoms with Gasteiger partial charge in [-0.2, -0.15) is 0 Å². The highest BCUT2D eigenvalue weighted by atomic mass is 35.5. The first kappa shape index (κ1) is 7.99. The molecule has 1 atom stereocenters. The lowest BCUT2D eigenvalue weighted by atomic mass is 10.4. The maximum atomic E-state index is 5.46. The molecule has 0 bridgehead atoms. The Balaban J connectivity index is 3.05. The summed E-state index contributed by atoms with van der Waals surface area (Å²) >= 11 is 5.46. The molecule has 0 amide bonds. The molecule has 0 aliphatic heterocycles. The van der Waals surface area contributed by atoms with Gasteiger partial charge in [0, 0.05) is 0 Å². The van der Waals surface area contributed by atoms with Gasteiger partial charge in [0.2, 0.25) is 0 Å². The van der Waals surface area contributed by atoms with Gasteiger partial charge in [-0.15, -0.1) is 0 Å². The highest BCUT2D eigenvalue weighted by molar-refractivity contribution is 6.19. The van der Waals surface area contributed by atoms with E-state index in [9.17, 15) is 0 Å². The summed E-state index contributed by atoms with van der Waals surface area (Å²) in [5.74, 6) is 0. The second-order valence-corrected chi connectivity index (χ2v) is 2.43. The average Bonchev–Trinajstić information content (AvgIpc) is 1.61. The predicted octanol–water partition coefficient (Wildman–Crippen LogP) is 2.16. The number of halogens is 1. The van der Waals surface area contributed by atoms with E-state index in [2.05, 4.69) is 6.58 Å². The van der Waals surface area contributed by atoms with Crippen molar-refractivity contribution in [3.05, 3.63) is 12.2 Å². The van der Waals surface area contributed by atoms with E-state index in [-0.39, 0.29) is 5.56 Å². The maximum Gasteiger partial charge on any atom is 0.128 e. The Hall–Kier alpha value is -0.0100. The van der Waals surface area contributed by atoms with Crippen molar-refractivity contribution in [2.24, 2.45) is 0 Å². The van der Waals surface area contributed by atoms with Gasteiger partial charge >= 0.3 is 0 Å². The summed E-state index contributed by atoms with van der Waals surface area (Å²) in [5, 5.41) is 0. The molecular weight excluding hydrogens is 124 g/mol. The van der Waals surface area contributed by atoms with Crippen LogP contribution in [-0.4, -0.2) is 12.2 Å². The lowest BCUT2D eigenvalue weighted by molar-refractivity contribution is 0.141. The van der Waals surface area contributed by atoms with Crippen molar-refractivity contribution >= 4 is 11.6 Å². The Morgan fingerprint density at radius 3 is 2.50 bits per heavy atom. The van der Waals surface area contributed by atoms with Crippen molar-refractivity contribution in [3.63, 3.8) is 0 Å². The van der Waals surface area contributed by atoms with E-state index in [0.717, 1.165) is 5.57 Å². The van der Waals surface area contributed by atoms with Crippen LogP contribution >= 0.6 is 11.6 Å². The van der Waals surface area contributed by atoms with Crippen molar-refractivity contribution in [1.29, 1.82) is 0 Å². The monoisotopic (exact) mass is 134 g/mol. The van der Waals surface area contributed by atoms with Gasteiger partial charge in [-0.1, -0.05) is 23.8 Å². The summed E-state index contributed by atoms with van der Waals surface area (Å²) in [7, 11) is 0. The third kappa shape index (κ3) is 5.99. The summed E-state index contributed by atoms with van der Waals surface area (Å²) in [6.07, 6.45) is 0. The minimum atomic E-state index is -0.202. The van der Waals surface area contributed by atoms with Crippen molar-refractivity contribution < 1.29 is 4.74 Å². The second kappa shape index (κ2) is 3.93. The Morgan fingerprint density at radius 2 is 2.38 bits per heavy atom. The molecule has 0 aromatic rings. The van der Waals surface area contributed by atoms with Crippen LogP contribution in [0.25, 0.3) is 0 Å². The maximum absolute atomic E-state index is 5.46. The SMILES string of the molecule is C=C(C)COC(C)Cl. The van der Waals surface area contributed by atoms with E-state index in [1.165, 1.54) is 0 Å².